The van der Waals surface area contributed by atoms with Crippen LogP contribution in [0.25, 0.3) is 0 Å². The van der Waals surface area contributed by atoms with Crippen molar-refractivity contribution in [3.05, 3.63) is 51.7 Å². The molecule has 1 fully saturated rings. The molecule has 0 aliphatic carbocycles. The molecular weight excluding hydrogens is 408 g/mol. The van der Waals surface area contributed by atoms with E-state index in [0.29, 0.717) is 17.8 Å². The second-order valence-electron chi connectivity index (χ2n) is 7.32. The Morgan fingerprint density at radius 1 is 1.17 bits per heavy atom. The van der Waals surface area contributed by atoms with Crippen LogP contribution < -0.4 is 9.46 Å². The summed E-state index contributed by atoms with van der Waals surface area (Å²) in [5.74, 6) is 0.867. The lowest BCUT2D eigenvalue weighted by atomic mass is 10.0. The highest BCUT2D eigenvalue weighted by Gasteiger charge is 2.28. The van der Waals surface area contributed by atoms with E-state index in [1.807, 2.05) is 41.3 Å². The number of hydrogen-bond donors (Lipinski definition) is 1. The Bertz CT molecular complexity index is 922. The van der Waals surface area contributed by atoms with Gasteiger partial charge in [0, 0.05) is 18.0 Å². The fourth-order valence-electron chi connectivity index (χ4n) is 3.65. The molecule has 1 saturated heterocycles. The SMILES string of the molecule is COc1ccc([C@@H]2CCCCCN2C(=O)c2ccc(CCNS(C)(=O)=O)s2)cc1. The van der Waals surface area contributed by atoms with Crippen LogP contribution in [0, 0.1) is 0 Å². The average molecular weight is 437 g/mol. The first-order chi connectivity index (χ1) is 13.9. The number of nitrogens with one attached hydrogen (secondary N) is 1. The number of likely N-dealkylation sites (tertiary alicyclic amines) is 1. The van der Waals surface area contributed by atoms with Gasteiger partial charge in [0.1, 0.15) is 5.75 Å². The molecule has 0 saturated carbocycles. The molecular formula is C21H28N2O4S2. The number of benzene rings is 1. The van der Waals surface area contributed by atoms with Gasteiger partial charge in [0.05, 0.1) is 24.3 Å². The minimum Gasteiger partial charge on any atom is -0.497 e. The Labute approximate surface area is 176 Å². The standard InChI is InChI=1S/C21H28N2O4S2/c1-27-17-9-7-16(8-10-17)19-6-4-3-5-15-23(19)21(24)20-12-11-18(28-20)13-14-22-29(2,25)26/h7-12,19,22H,3-6,13-15H2,1-2H3/t19-/m0/s1. The largest absolute Gasteiger partial charge is 0.497 e. The van der Waals surface area contributed by atoms with Crippen molar-refractivity contribution >= 4 is 27.3 Å². The summed E-state index contributed by atoms with van der Waals surface area (Å²) in [6.45, 7) is 1.09. The number of methoxy groups -OCH3 is 1. The minimum atomic E-state index is -3.20. The predicted molar refractivity (Wildman–Crippen MR) is 116 cm³/mol. The Morgan fingerprint density at radius 3 is 2.62 bits per heavy atom. The van der Waals surface area contributed by atoms with Gasteiger partial charge in [0.15, 0.2) is 0 Å². The van der Waals surface area contributed by atoms with Crippen molar-refractivity contribution in [2.45, 2.75) is 38.1 Å². The maximum atomic E-state index is 13.3. The van der Waals surface area contributed by atoms with Crippen LogP contribution in [0.5, 0.6) is 5.75 Å². The van der Waals surface area contributed by atoms with Crippen LogP contribution in [0.15, 0.2) is 36.4 Å². The number of sulfonamides is 1. The van der Waals surface area contributed by atoms with Gasteiger partial charge in [-0.25, -0.2) is 13.1 Å². The lowest BCUT2D eigenvalue weighted by Crippen LogP contribution is -2.34. The molecule has 1 atom stereocenters. The quantitative estimate of drug-likeness (QED) is 0.719. The van der Waals surface area contributed by atoms with Crippen molar-refractivity contribution in [2.24, 2.45) is 0 Å². The molecule has 0 radical (unpaired) electrons. The lowest BCUT2D eigenvalue weighted by Gasteiger charge is -2.30. The number of amides is 1. The molecule has 0 unspecified atom stereocenters. The van der Waals surface area contributed by atoms with E-state index in [2.05, 4.69) is 4.72 Å². The van der Waals surface area contributed by atoms with Crippen molar-refractivity contribution in [3.63, 3.8) is 0 Å². The van der Waals surface area contributed by atoms with E-state index in [9.17, 15) is 13.2 Å². The van der Waals surface area contributed by atoms with Crippen LogP contribution in [-0.2, 0) is 16.4 Å². The molecule has 6 nitrogen and oxygen atoms in total. The van der Waals surface area contributed by atoms with Crippen LogP contribution in [0.3, 0.4) is 0 Å². The fourth-order valence-corrected chi connectivity index (χ4v) is 5.09. The number of thiophene rings is 1. The van der Waals surface area contributed by atoms with Crippen LogP contribution in [-0.4, -0.2) is 45.7 Å². The van der Waals surface area contributed by atoms with Crippen molar-refractivity contribution in [1.82, 2.24) is 9.62 Å². The first-order valence-electron chi connectivity index (χ1n) is 9.85. The first kappa shape index (κ1) is 21.8. The number of ether oxygens (including phenoxy) is 1. The summed E-state index contributed by atoms with van der Waals surface area (Å²) in [4.78, 5) is 17.0. The van der Waals surface area contributed by atoms with E-state index in [1.54, 1.807) is 7.11 Å². The zero-order valence-corrected chi connectivity index (χ0v) is 18.5. The van der Waals surface area contributed by atoms with Crippen LogP contribution >= 0.6 is 11.3 Å². The van der Waals surface area contributed by atoms with Crippen LogP contribution in [0.1, 0.15) is 51.8 Å². The van der Waals surface area contributed by atoms with Crippen molar-refractivity contribution in [3.8, 4) is 5.75 Å². The van der Waals surface area contributed by atoms with E-state index in [4.69, 9.17) is 4.74 Å². The minimum absolute atomic E-state index is 0.0556. The molecule has 1 aromatic carbocycles. The zero-order chi connectivity index (χ0) is 20.9. The second-order valence-corrected chi connectivity index (χ2v) is 10.3. The van der Waals surface area contributed by atoms with Crippen molar-refractivity contribution in [2.75, 3.05) is 26.5 Å². The Morgan fingerprint density at radius 2 is 1.93 bits per heavy atom. The molecule has 29 heavy (non-hydrogen) atoms. The predicted octanol–water partition coefficient (Wildman–Crippen LogP) is 3.61. The first-order valence-corrected chi connectivity index (χ1v) is 12.6. The number of carbonyl (C=O) groups excluding carboxylic acids is 1. The molecule has 1 N–H and O–H groups in total. The molecule has 158 valence electrons. The van der Waals surface area contributed by atoms with Crippen molar-refractivity contribution < 1.29 is 17.9 Å². The van der Waals surface area contributed by atoms with Crippen LogP contribution in [0.4, 0.5) is 0 Å². The highest BCUT2D eigenvalue weighted by Crippen LogP contribution is 2.33. The third-order valence-corrected chi connectivity index (χ3v) is 6.98. The molecule has 2 aromatic rings. The highest BCUT2D eigenvalue weighted by molar-refractivity contribution is 7.88. The Balaban J connectivity index is 1.74. The molecule has 3 rings (SSSR count). The lowest BCUT2D eigenvalue weighted by molar-refractivity contribution is 0.0686. The van der Waals surface area contributed by atoms with E-state index in [-0.39, 0.29) is 11.9 Å². The molecule has 1 aliphatic rings. The third-order valence-electron chi connectivity index (χ3n) is 5.12. The van der Waals surface area contributed by atoms with Crippen molar-refractivity contribution in [1.29, 1.82) is 0 Å². The van der Waals surface area contributed by atoms with Gasteiger partial charge in [0.25, 0.3) is 5.91 Å². The maximum Gasteiger partial charge on any atom is 0.264 e. The molecule has 1 amide bonds. The monoisotopic (exact) mass is 436 g/mol. The molecule has 8 heteroatoms. The van der Waals surface area contributed by atoms with Gasteiger partial charge in [-0.15, -0.1) is 11.3 Å². The van der Waals surface area contributed by atoms with E-state index >= 15 is 0 Å². The molecule has 2 heterocycles. The van der Waals surface area contributed by atoms with Gasteiger partial charge in [-0.05, 0) is 49.1 Å². The maximum absolute atomic E-state index is 13.3. The molecule has 1 aromatic heterocycles. The molecule has 0 bridgehead atoms. The van der Waals surface area contributed by atoms with Gasteiger partial charge in [-0.3, -0.25) is 4.79 Å². The van der Waals surface area contributed by atoms with Crippen LogP contribution in [0.2, 0.25) is 0 Å². The van der Waals surface area contributed by atoms with Gasteiger partial charge in [-0.1, -0.05) is 25.0 Å². The summed E-state index contributed by atoms with van der Waals surface area (Å²) >= 11 is 1.45. The number of hydrogen-bond acceptors (Lipinski definition) is 5. The van der Waals surface area contributed by atoms with E-state index < -0.39 is 10.0 Å². The second kappa shape index (κ2) is 9.73. The summed E-state index contributed by atoms with van der Waals surface area (Å²) in [5.41, 5.74) is 1.13. The summed E-state index contributed by atoms with van der Waals surface area (Å²) < 4.78 is 30.2. The van der Waals surface area contributed by atoms with Gasteiger partial charge >= 0.3 is 0 Å². The summed E-state index contributed by atoms with van der Waals surface area (Å²) in [7, 11) is -1.55. The van der Waals surface area contributed by atoms with E-state index in [0.717, 1.165) is 54.7 Å². The van der Waals surface area contributed by atoms with Gasteiger partial charge in [0.2, 0.25) is 10.0 Å². The zero-order valence-electron chi connectivity index (χ0n) is 16.9. The van der Waals surface area contributed by atoms with E-state index in [1.165, 1.54) is 11.3 Å². The van der Waals surface area contributed by atoms with Gasteiger partial charge in [-0.2, -0.15) is 0 Å². The topological polar surface area (TPSA) is 75.7 Å². The average Bonchev–Trinajstić information content (AvgIpc) is 3.02. The summed E-state index contributed by atoms with van der Waals surface area (Å²) in [6.07, 6.45) is 5.92. The molecule has 1 aliphatic heterocycles. The summed E-state index contributed by atoms with van der Waals surface area (Å²) in [6, 6.07) is 11.8. The molecule has 0 spiro atoms. The highest BCUT2D eigenvalue weighted by atomic mass is 32.2. The number of rotatable bonds is 7. The Hall–Kier alpha value is -1.90. The van der Waals surface area contributed by atoms with Gasteiger partial charge < -0.3 is 9.64 Å². The third kappa shape index (κ3) is 6.04. The summed E-state index contributed by atoms with van der Waals surface area (Å²) in [5, 5.41) is 0. The fraction of sp³-hybridized carbons (Fsp3) is 0.476. The normalized spacial score (nSPS) is 17.7. The number of carbonyl (C=O) groups is 1. The number of nitrogens with zero attached hydrogens (tertiary/aromatic N) is 1. The Kier molecular flexibility index (Phi) is 7.32. The smallest absolute Gasteiger partial charge is 0.264 e.